The first kappa shape index (κ1) is 16.3. The predicted molar refractivity (Wildman–Crippen MR) is 84.9 cm³/mol. The van der Waals surface area contributed by atoms with Gasteiger partial charge >= 0.3 is 0 Å². The van der Waals surface area contributed by atoms with Crippen molar-refractivity contribution in [2.24, 2.45) is 11.7 Å². The molecule has 2 fully saturated rings. The van der Waals surface area contributed by atoms with E-state index in [1.807, 2.05) is 0 Å². The maximum absolute atomic E-state index is 6.22. The maximum atomic E-state index is 6.22. The Hall–Kier alpha value is -0.120. The molecule has 0 amide bonds. The van der Waals surface area contributed by atoms with Crippen molar-refractivity contribution in [3.8, 4) is 0 Å². The van der Waals surface area contributed by atoms with Gasteiger partial charge in [0.25, 0.3) is 0 Å². The molecule has 3 nitrogen and oxygen atoms in total. The molecule has 0 spiro atoms. The van der Waals surface area contributed by atoms with Crippen molar-refractivity contribution in [1.29, 1.82) is 0 Å². The molecule has 2 N–H and O–H groups in total. The van der Waals surface area contributed by atoms with E-state index in [0.717, 1.165) is 38.0 Å². The van der Waals surface area contributed by atoms with Gasteiger partial charge in [0, 0.05) is 24.7 Å². The van der Waals surface area contributed by atoms with Crippen LogP contribution in [0.25, 0.3) is 0 Å². The zero-order valence-corrected chi connectivity index (χ0v) is 14.0. The minimum absolute atomic E-state index is 0.0352. The van der Waals surface area contributed by atoms with Crippen LogP contribution >= 0.6 is 0 Å². The summed E-state index contributed by atoms with van der Waals surface area (Å²) in [5.74, 6) is 0.958. The van der Waals surface area contributed by atoms with Crippen LogP contribution in [0.5, 0.6) is 0 Å². The average Bonchev–Trinajstić information content (AvgIpc) is 2.45. The van der Waals surface area contributed by atoms with E-state index in [0.29, 0.717) is 0 Å². The highest BCUT2D eigenvalue weighted by atomic mass is 16.5. The van der Waals surface area contributed by atoms with E-state index >= 15 is 0 Å². The molecule has 2 aliphatic rings. The van der Waals surface area contributed by atoms with Gasteiger partial charge < -0.3 is 10.5 Å². The Morgan fingerprint density at radius 3 is 2.35 bits per heavy atom. The molecule has 2 rings (SSSR count). The Bertz CT molecular complexity index is 310. The smallest absolute Gasteiger partial charge is 0.0644 e. The SMILES string of the molecule is CCC1CCC(N(C)C2(CN)CCOC(C)(C)C2)CC1. The molecule has 118 valence electrons. The Labute approximate surface area is 125 Å². The minimum atomic E-state index is -0.0352. The summed E-state index contributed by atoms with van der Waals surface area (Å²) >= 11 is 0. The van der Waals surface area contributed by atoms with Gasteiger partial charge in [-0.15, -0.1) is 0 Å². The summed E-state index contributed by atoms with van der Waals surface area (Å²) in [7, 11) is 2.31. The summed E-state index contributed by atoms with van der Waals surface area (Å²) in [5.41, 5.74) is 6.33. The van der Waals surface area contributed by atoms with Crippen molar-refractivity contribution in [1.82, 2.24) is 4.90 Å². The number of ether oxygens (including phenoxy) is 1. The largest absolute Gasteiger partial charge is 0.375 e. The lowest BCUT2D eigenvalue weighted by Gasteiger charge is -2.53. The van der Waals surface area contributed by atoms with Crippen LogP contribution in [0.1, 0.15) is 65.7 Å². The zero-order valence-electron chi connectivity index (χ0n) is 14.0. The number of hydrogen-bond donors (Lipinski definition) is 1. The molecule has 20 heavy (non-hydrogen) atoms. The fraction of sp³-hybridized carbons (Fsp3) is 1.00. The Morgan fingerprint density at radius 1 is 1.20 bits per heavy atom. The maximum Gasteiger partial charge on any atom is 0.0644 e. The molecule has 1 saturated heterocycles. The van der Waals surface area contributed by atoms with Crippen LogP contribution in [-0.4, -0.2) is 42.3 Å². The standard InChI is InChI=1S/C17H34N2O/c1-5-14-6-8-15(9-7-14)19(4)17(13-18)10-11-20-16(2,3)12-17/h14-15H,5-13,18H2,1-4H3. The number of likely N-dealkylation sites (N-methyl/N-ethyl adjacent to an activating group) is 1. The second-order valence-electron chi connectivity index (χ2n) is 7.66. The monoisotopic (exact) mass is 282 g/mol. The van der Waals surface area contributed by atoms with Gasteiger partial charge in [0.1, 0.15) is 0 Å². The summed E-state index contributed by atoms with van der Waals surface area (Å²) in [6, 6.07) is 0.718. The normalized spacial score (nSPS) is 38.1. The molecule has 0 aromatic heterocycles. The van der Waals surface area contributed by atoms with Crippen LogP contribution in [0.3, 0.4) is 0 Å². The van der Waals surface area contributed by atoms with Gasteiger partial charge in [-0.3, -0.25) is 4.90 Å². The summed E-state index contributed by atoms with van der Waals surface area (Å²) in [6.45, 7) is 8.34. The van der Waals surface area contributed by atoms with Gasteiger partial charge in [0.2, 0.25) is 0 Å². The first-order valence-electron chi connectivity index (χ1n) is 8.49. The van der Waals surface area contributed by atoms with E-state index in [-0.39, 0.29) is 11.1 Å². The van der Waals surface area contributed by atoms with Crippen molar-refractivity contribution in [2.45, 2.75) is 82.9 Å². The highest BCUT2D eigenvalue weighted by molar-refractivity contribution is 5.00. The van der Waals surface area contributed by atoms with Crippen molar-refractivity contribution in [2.75, 3.05) is 20.2 Å². The number of rotatable bonds is 4. The Balaban J connectivity index is 2.03. The molecule has 1 aliphatic carbocycles. The molecule has 1 unspecified atom stereocenters. The molecule has 3 heteroatoms. The molecule has 1 heterocycles. The summed E-state index contributed by atoms with van der Waals surface area (Å²) in [5, 5.41) is 0. The lowest BCUT2D eigenvalue weighted by Crippen LogP contribution is -2.62. The van der Waals surface area contributed by atoms with Gasteiger partial charge in [0.15, 0.2) is 0 Å². The second-order valence-corrected chi connectivity index (χ2v) is 7.66. The van der Waals surface area contributed by atoms with Crippen LogP contribution in [0.15, 0.2) is 0 Å². The lowest BCUT2D eigenvalue weighted by atomic mass is 9.77. The van der Waals surface area contributed by atoms with Gasteiger partial charge in [-0.2, -0.15) is 0 Å². The van der Waals surface area contributed by atoms with E-state index in [2.05, 4.69) is 32.7 Å². The summed E-state index contributed by atoms with van der Waals surface area (Å²) < 4.78 is 5.91. The van der Waals surface area contributed by atoms with Crippen molar-refractivity contribution >= 4 is 0 Å². The average molecular weight is 282 g/mol. The highest BCUT2D eigenvalue weighted by Crippen LogP contribution is 2.39. The fourth-order valence-corrected chi connectivity index (χ4v) is 4.40. The van der Waals surface area contributed by atoms with Crippen molar-refractivity contribution in [3.05, 3.63) is 0 Å². The first-order chi connectivity index (χ1) is 9.42. The lowest BCUT2D eigenvalue weighted by molar-refractivity contribution is -0.123. The van der Waals surface area contributed by atoms with E-state index in [1.165, 1.54) is 32.1 Å². The van der Waals surface area contributed by atoms with E-state index < -0.39 is 0 Å². The van der Waals surface area contributed by atoms with Gasteiger partial charge in [-0.05, 0) is 65.3 Å². The third-order valence-corrected chi connectivity index (χ3v) is 5.88. The molecule has 1 atom stereocenters. The van der Waals surface area contributed by atoms with Crippen LogP contribution in [0, 0.1) is 5.92 Å². The third-order valence-electron chi connectivity index (χ3n) is 5.88. The molecule has 0 aromatic carbocycles. The number of hydrogen-bond acceptors (Lipinski definition) is 3. The third kappa shape index (κ3) is 3.37. The topological polar surface area (TPSA) is 38.5 Å². The molecular weight excluding hydrogens is 248 g/mol. The van der Waals surface area contributed by atoms with Gasteiger partial charge in [0.05, 0.1) is 5.60 Å². The Kier molecular flexibility index (Phi) is 5.14. The van der Waals surface area contributed by atoms with Crippen molar-refractivity contribution in [3.63, 3.8) is 0 Å². The first-order valence-corrected chi connectivity index (χ1v) is 8.49. The predicted octanol–water partition coefficient (Wildman–Crippen LogP) is 3.17. The molecule has 1 aliphatic heterocycles. The molecule has 0 radical (unpaired) electrons. The highest BCUT2D eigenvalue weighted by Gasteiger charge is 2.45. The minimum Gasteiger partial charge on any atom is -0.375 e. The summed E-state index contributed by atoms with van der Waals surface area (Å²) in [4.78, 5) is 2.63. The molecule has 0 aromatic rings. The van der Waals surface area contributed by atoms with E-state index in [4.69, 9.17) is 10.5 Å². The van der Waals surface area contributed by atoms with Gasteiger partial charge in [-0.1, -0.05) is 13.3 Å². The fourth-order valence-electron chi connectivity index (χ4n) is 4.40. The van der Waals surface area contributed by atoms with E-state index in [9.17, 15) is 0 Å². The van der Waals surface area contributed by atoms with Crippen LogP contribution in [0.2, 0.25) is 0 Å². The quantitative estimate of drug-likeness (QED) is 0.860. The van der Waals surface area contributed by atoms with E-state index in [1.54, 1.807) is 0 Å². The van der Waals surface area contributed by atoms with Crippen LogP contribution in [0.4, 0.5) is 0 Å². The molecule has 0 bridgehead atoms. The summed E-state index contributed by atoms with van der Waals surface area (Å²) in [6.07, 6.45) is 8.96. The van der Waals surface area contributed by atoms with Crippen molar-refractivity contribution < 1.29 is 4.74 Å². The number of nitrogens with zero attached hydrogens (tertiary/aromatic N) is 1. The van der Waals surface area contributed by atoms with Crippen LogP contribution < -0.4 is 5.73 Å². The molecular formula is C17H34N2O. The Morgan fingerprint density at radius 2 is 1.85 bits per heavy atom. The zero-order chi connectivity index (χ0) is 14.8. The second kappa shape index (κ2) is 6.33. The number of nitrogens with two attached hydrogens (primary N) is 1. The van der Waals surface area contributed by atoms with Gasteiger partial charge in [-0.25, -0.2) is 0 Å². The molecule has 1 saturated carbocycles. The van der Waals surface area contributed by atoms with Crippen LogP contribution in [-0.2, 0) is 4.74 Å².